The third-order valence-electron chi connectivity index (χ3n) is 5.63. The molecule has 0 fully saturated rings. The molecule has 0 unspecified atom stereocenters. The van der Waals surface area contributed by atoms with E-state index in [-0.39, 0.29) is 23.0 Å². The fourth-order valence-corrected chi connectivity index (χ4v) is 6.13. The van der Waals surface area contributed by atoms with Crippen molar-refractivity contribution in [3.05, 3.63) is 81.0 Å². The lowest BCUT2D eigenvalue weighted by molar-refractivity contribution is -0.118. The smallest absolute Gasteiger partial charge is 0.267 e. The maximum Gasteiger partial charge on any atom is 0.267 e. The molecule has 7 nitrogen and oxygen atoms in total. The van der Waals surface area contributed by atoms with E-state index in [1.54, 1.807) is 40.2 Å². The van der Waals surface area contributed by atoms with Crippen LogP contribution in [-0.4, -0.2) is 32.5 Å². The summed E-state index contributed by atoms with van der Waals surface area (Å²) in [7, 11) is 0. The monoisotopic (exact) mass is 490 g/mol. The molecule has 0 aliphatic heterocycles. The number of carbonyl (C=O) groups excluding carboxylic acids is 1. The van der Waals surface area contributed by atoms with Gasteiger partial charge in [0.1, 0.15) is 10.6 Å². The van der Waals surface area contributed by atoms with Crippen molar-refractivity contribution < 1.29 is 9.90 Å². The maximum atomic E-state index is 13.7. The van der Waals surface area contributed by atoms with Gasteiger partial charge >= 0.3 is 0 Å². The van der Waals surface area contributed by atoms with E-state index >= 15 is 0 Å². The Balaban J connectivity index is 1.42. The van der Waals surface area contributed by atoms with Gasteiger partial charge in [0.15, 0.2) is 5.16 Å². The Labute approximate surface area is 204 Å². The third-order valence-corrected chi connectivity index (χ3v) is 7.76. The number of fused-ring (bicyclic) bond motifs is 3. The lowest BCUT2D eigenvalue weighted by atomic mass is 9.97. The van der Waals surface area contributed by atoms with Crippen LogP contribution in [0.5, 0.6) is 5.75 Å². The van der Waals surface area contributed by atoms with Crippen molar-refractivity contribution in [2.45, 2.75) is 30.8 Å². The van der Waals surface area contributed by atoms with Crippen molar-refractivity contribution in [3.8, 4) is 11.4 Å². The molecule has 0 spiro atoms. The highest BCUT2D eigenvalue weighted by Crippen LogP contribution is 2.35. The number of hydrogen-bond acceptors (Lipinski definition) is 7. The van der Waals surface area contributed by atoms with Gasteiger partial charge in [-0.25, -0.2) is 10.4 Å². The summed E-state index contributed by atoms with van der Waals surface area (Å²) < 4.78 is 1.60. The first kappa shape index (κ1) is 22.4. The fourth-order valence-electron chi connectivity index (χ4n) is 4.02. The van der Waals surface area contributed by atoms with Crippen molar-refractivity contribution in [1.29, 1.82) is 0 Å². The molecule has 2 N–H and O–H groups in total. The SMILES string of the molecule is O=C(CSc1nc2sc3c(c2c(=O)n1-c1ccccc1)CCCC3)N/N=C\c1ccccc1O. The van der Waals surface area contributed by atoms with E-state index in [1.807, 2.05) is 30.3 Å². The molecule has 34 heavy (non-hydrogen) atoms. The van der Waals surface area contributed by atoms with Gasteiger partial charge in [-0.2, -0.15) is 5.10 Å². The number of para-hydroxylation sites is 2. The topological polar surface area (TPSA) is 96.6 Å². The summed E-state index contributed by atoms with van der Waals surface area (Å²) >= 11 is 2.79. The second-order valence-electron chi connectivity index (χ2n) is 7.90. The first-order valence-electron chi connectivity index (χ1n) is 11.0. The molecule has 0 saturated carbocycles. The van der Waals surface area contributed by atoms with Crippen LogP contribution in [0.15, 0.2) is 69.6 Å². The lowest BCUT2D eigenvalue weighted by Crippen LogP contribution is -2.24. The minimum Gasteiger partial charge on any atom is -0.507 e. The van der Waals surface area contributed by atoms with E-state index in [0.717, 1.165) is 41.8 Å². The molecule has 4 aromatic rings. The van der Waals surface area contributed by atoms with Gasteiger partial charge in [-0.1, -0.05) is 42.1 Å². The fraction of sp³-hybridized carbons (Fsp3) is 0.200. The summed E-state index contributed by atoms with van der Waals surface area (Å²) in [4.78, 5) is 32.9. The quantitative estimate of drug-likeness (QED) is 0.182. The first-order chi connectivity index (χ1) is 16.6. The predicted molar refractivity (Wildman–Crippen MR) is 136 cm³/mol. The summed E-state index contributed by atoms with van der Waals surface area (Å²) in [6.45, 7) is 0. The number of hydrogen-bond donors (Lipinski definition) is 2. The van der Waals surface area contributed by atoms with Crippen LogP contribution in [0.4, 0.5) is 0 Å². The molecule has 0 radical (unpaired) electrons. The number of nitrogens with one attached hydrogen (secondary N) is 1. The minimum absolute atomic E-state index is 0.0357. The van der Waals surface area contributed by atoms with Crippen molar-refractivity contribution in [3.63, 3.8) is 0 Å². The number of benzene rings is 2. The Morgan fingerprint density at radius 1 is 1.15 bits per heavy atom. The molecule has 9 heteroatoms. The van der Waals surface area contributed by atoms with Gasteiger partial charge in [0, 0.05) is 10.4 Å². The van der Waals surface area contributed by atoms with Crippen LogP contribution in [0.1, 0.15) is 28.8 Å². The molecule has 5 rings (SSSR count). The van der Waals surface area contributed by atoms with Crippen LogP contribution in [0.25, 0.3) is 15.9 Å². The van der Waals surface area contributed by atoms with Crippen molar-refractivity contribution >= 4 is 45.4 Å². The van der Waals surface area contributed by atoms with Crippen LogP contribution in [0.3, 0.4) is 0 Å². The number of aromatic hydroxyl groups is 1. The number of thiophene rings is 1. The third kappa shape index (κ3) is 4.49. The van der Waals surface area contributed by atoms with Crippen LogP contribution < -0.4 is 11.0 Å². The molecular formula is C25H22N4O3S2. The second kappa shape index (κ2) is 9.82. The zero-order valence-corrected chi connectivity index (χ0v) is 19.9. The zero-order valence-electron chi connectivity index (χ0n) is 18.2. The maximum absolute atomic E-state index is 13.7. The Hall–Kier alpha value is -3.43. The number of hydrazone groups is 1. The van der Waals surface area contributed by atoms with Gasteiger partial charge in [-0.05, 0) is 55.5 Å². The highest BCUT2D eigenvalue weighted by molar-refractivity contribution is 7.99. The molecule has 2 aromatic heterocycles. The van der Waals surface area contributed by atoms with Crippen LogP contribution in [0, 0.1) is 0 Å². The van der Waals surface area contributed by atoms with Crippen LogP contribution in [-0.2, 0) is 17.6 Å². The Morgan fingerprint density at radius 2 is 1.91 bits per heavy atom. The normalized spacial score (nSPS) is 13.3. The standard InChI is InChI=1S/C25H22N4O3S2/c30-19-12-6-4-8-16(19)14-26-28-21(31)15-33-25-27-23-22(18-11-5-7-13-20(18)34-23)24(32)29(25)17-9-2-1-3-10-17/h1-4,6,8-10,12,14,30H,5,7,11,13,15H2,(H,28,31)/b26-14-. The Morgan fingerprint density at radius 3 is 2.74 bits per heavy atom. The molecule has 0 atom stereocenters. The second-order valence-corrected chi connectivity index (χ2v) is 9.93. The Bertz CT molecular complexity index is 1440. The number of amides is 1. The highest BCUT2D eigenvalue weighted by Gasteiger charge is 2.23. The summed E-state index contributed by atoms with van der Waals surface area (Å²) in [5, 5.41) is 14.9. The minimum atomic E-state index is -0.337. The van der Waals surface area contributed by atoms with Crippen molar-refractivity contribution in [2.24, 2.45) is 5.10 Å². The number of phenols is 1. The van der Waals surface area contributed by atoms with Gasteiger partial charge in [-0.15, -0.1) is 11.3 Å². The molecule has 0 bridgehead atoms. The summed E-state index contributed by atoms with van der Waals surface area (Å²) in [5.74, 6) is -0.220. The average molecular weight is 491 g/mol. The molecule has 1 aliphatic carbocycles. The van der Waals surface area contributed by atoms with Gasteiger partial charge in [0.25, 0.3) is 11.5 Å². The zero-order chi connectivity index (χ0) is 23.5. The molecular weight excluding hydrogens is 468 g/mol. The number of aryl methyl sites for hydroxylation is 2. The van der Waals surface area contributed by atoms with E-state index < -0.39 is 0 Å². The number of phenolic OH excluding ortho intramolecular Hbond substituents is 1. The highest BCUT2D eigenvalue weighted by atomic mass is 32.2. The average Bonchev–Trinajstić information content (AvgIpc) is 3.23. The van der Waals surface area contributed by atoms with E-state index in [2.05, 4.69) is 10.5 Å². The number of nitrogens with zero attached hydrogens (tertiary/aromatic N) is 3. The largest absolute Gasteiger partial charge is 0.507 e. The van der Waals surface area contributed by atoms with Gasteiger partial charge < -0.3 is 5.11 Å². The van der Waals surface area contributed by atoms with Crippen molar-refractivity contribution in [1.82, 2.24) is 15.0 Å². The molecule has 172 valence electrons. The molecule has 2 heterocycles. The number of rotatable bonds is 6. The molecule has 0 saturated heterocycles. The molecule has 1 amide bonds. The molecule has 1 aliphatic rings. The van der Waals surface area contributed by atoms with Crippen molar-refractivity contribution in [2.75, 3.05) is 5.75 Å². The summed E-state index contributed by atoms with van der Waals surface area (Å²) in [6, 6.07) is 16.1. The van der Waals surface area contributed by atoms with Gasteiger partial charge in [0.05, 0.1) is 23.0 Å². The van der Waals surface area contributed by atoms with Crippen LogP contribution in [0.2, 0.25) is 0 Å². The number of carbonyl (C=O) groups is 1. The molecule has 2 aromatic carbocycles. The van der Waals surface area contributed by atoms with E-state index in [4.69, 9.17) is 4.98 Å². The number of thioether (sulfide) groups is 1. The summed E-state index contributed by atoms with van der Waals surface area (Å²) in [6.07, 6.45) is 5.50. The van der Waals surface area contributed by atoms with Gasteiger partial charge in [0.2, 0.25) is 0 Å². The van der Waals surface area contributed by atoms with Gasteiger partial charge in [-0.3, -0.25) is 14.2 Å². The lowest BCUT2D eigenvalue weighted by Gasteiger charge is -2.13. The van der Waals surface area contributed by atoms with E-state index in [0.29, 0.717) is 16.1 Å². The predicted octanol–water partition coefficient (Wildman–Crippen LogP) is 4.27. The Kier molecular flexibility index (Phi) is 6.46. The van der Waals surface area contributed by atoms with Crippen LogP contribution >= 0.6 is 23.1 Å². The summed E-state index contributed by atoms with van der Waals surface area (Å²) in [5.41, 5.74) is 4.74. The van der Waals surface area contributed by atoms with E-state index in [1.165, 1.54) is 22.9 Å². The first-order valence-corrected chi connectivity index (χ1v) is 12.8. The number of aromatic nitrogens is 2. The van der Waals surface area contributed by atoms with E-state index in [9.17, 15) is 14.7 Å².